The number of esters is 1. The minimum Gasteiger partial charge on any atom is -0.461 e. The summed E-state index contributed by atoms with van der Waals surface area (Å²) in [7, 11) is 0. The summed E-state index contributed by atoms with van der Waals surface area (Å²) < 4.78 is 10.1. The number of hydrogen-bond donors (Lipinski definition) is 0. The van der Waals surface area contributed by atoms with Crippen LogP contribution in [0.25, 0.3) is 0 Å². The van der Waals surface area contributed by atoms with Gasteiger partial charge in [0.15, 0.2) is 4.33 Å². The van der Waals surface area contributed by atoms with Crippen molar-refractivity contribution < 1.29 is 14.3 Å². The van der Waals surface area contributed by atoms with Crippen LogP contribution in [0.15, 0.2) is 78.9 Å². The zero-order valence-electron chi connectivity index (χ0n) is 18.7. The Hall–Kier alpha value is -1.91. The van der Waals surface area contributed by atoms with Crippen LogP contribution in [0.3, 0.4) is 0 Å². The maximum absolute atomic E-state index is 13.0. The van der Waals surface area contributed by atoms with Crippen LogP contribution in [0.4, 0.5) is 0 Å². The molecule has 0 aromatic heterocycles. The molecule has 34 heavy (non-hydrogen) atoms. The zero-order chi connectivity index (χ0) is 24.5. The molecule has 1 aliphatic carbocycles. The van der Waals surface area contributed by atoms with Crippen LogP contribution in [0, 0.1) is 17.3 Å². The van der Waals surface area contributed by atoms with Crippen LogP contribution in [0.2, 0.25) is 5.02 Å². The first-order valence-electron chi connectivity index (χ1n) is 10.9. The molecule has 178 valence electrons. The van der Waals surface area contributed by atoms with Crippen molar-refractivity contribution in [3.63, 3.8) is 0 Å². The predicted molar refractivity (Wildman–Crippen MR) is 138 cm³/mol. The minimum atomic E-state index is -1.38. The van der Waals surface area contributed by atoms with Gasteiger partial charge in [0, 0.05) is 5.02 Å². The van der Waals surface area contributed by atoms with Crippen molar-refractivity contribution in [2.45, 2.75) is 30.2 Å². The highest BCUT2D eigenvalue weighted by Crippen LogP contribution is 2.65. The minimum absolute atomic E-state index is 0.126. The molecule has 0 heterocycles. The fourth-order valence-corrected chi connectivity index (χ4v) is 5.54. The molecular formula is C27H24Cl4O3. The number of para-hydroxylation sites is 1. The van der Waals surface area contributed by atoms with Gasteiger partial charge in [-0.15, -0.1) is 11.6 Å². The van der Waals surface area contributed by atoms with E-state index in [0.717, 1.165) is 11.3 Å². The third-order valence-corrected chi connectivity index (χ3v) is 8.29. The fourth-order valence-electron chi connectivity index (χ4n) is 4.30. The quantitative estimate of drug-likeness (QED) is 0.214. The van der Waals surface area contributed by atoms with Gasteiger partial charge < -0.3 is 9.47 Å². The monoisotopic (exact) mass is 536 g/mol. The number of ether oxygens (including phenoxy) is 2. The van der Waals surface area contributed by atoms with Crippen molar-refractivity contribution in [1.29, 1.82) is 0 Å². The third kappa shape index (κ3) is 5.33. The molecule has 3 aromatic rings. The van der Waals surface area contributed by atoms with Gasteiger partial charge in [0.2, 0.25) is 0 Å². The van der Waals surface area contributed by atoms with E-state index in [0.29, 0.717) is 16.3 Å². The first kappa shape index (κ1) is 25.2. The molecular weight excluding hydrogens is 514 g/mol. The highest BCUT2D eigenvalue weighted by molar-refractivity contribution is 6.52. The Bertz CT molecular complexity index is 1150. The molecule has 0 bridgehead atoms. The van der Waals surface area contributed by atoms with Crippen LogP contribution in [0.1, 0.15) is 25.0 Å². The van der Waals surface area contributed by atoms with Crippen LogP contribution in [-0.2, 0) is 20.5 Å². The molecule has 0 radical (unpaired) electrons. The maximum atomic E-state index is 13.0. The van der Waals surface area contributed by atoms with Crippen LogP contribution in [0.5, 0.6) is 11.5 Å². The predicted octanol–water partition coefficient (Wildman–Crippen LogP) is 8.39. The summed E-state index contributed by atoms with van der Waals surface area (Å²) in [5.74, 6) is 0.416. The van der Waals surface area contributed by atoms with Gasteiger partial charge in [-0.1, -0.05) is 91.1 Å². The van der Waals surface area contributed by atoms with Gasteiger partial charge >= 0.3 is 5.97 Å². The number of alkyl halides is 3. The molecule has 0 aliphatic heterocycles. The zero-order valence-corrected chi connectivity index (χ0v) is 21.7. The van der Waals surface area contributed by atoms with E-state index in [1.54, 1.807) is 24.3 Å². The SMILES string of the molecule is CC1(C)C(C(=O)OCc2cccc(Oc3ccccc3)c2)C1C(Cl)C(Cl)(Cl)c1ccc(Cl)cc1. The van der Waals surface area contributed by atoms with E-state index in [-0.39, 0.29) is 18.5 Å². The molecule has 3 unspecified atom stereocenters. The molecule has 0 spiro atoms. The molecule has 1 saturated carbocycles. The lowest BCUT2D eigenvalue weighted by Crippen LogP contribution is -2.28. The Morgan fingerprint density at radius 3 is 2.29 bits per heavy atom. The highest BCUT2D eigenvalue weighted by atomic mass is 35.5. The largest absolute Gasteiger partial charge is 0.461 e. The number of carbonyl (C=O) groups is 1. The molecule has 0 N–H and O–H groups in total. The van der Waals surface area contributed by atoms with Gasteiger partial charge in [-0.25, -0.2) is 0 Å². The topological polar surface area (TPSA) is 35.5 Å². The summed E-state index contributed by atoms with van der Waals surface area (Å²) in [6.07, 6.45) is 0. The molecule has 3 nitrogen and oxygen atoms in total. The molecule has 7 heteroatoms. The van der Waals surface area contributed by atoms with Gasteiger partial charge in [0.25, 0.3) is 0 Å². The highest BCUT2D eigenvalue weighted by Gasteiger charge is 2.68. The van der Waals surface area contributed by atoms with E-state index in [1.165, 1.54) is 0 Å². The molecule has 1 aliphatic rings. The van der Waals surface area contributed by atoms with Crippen molar-refractivity contribution in [2.24, 2.45) is 17.3 Å². The summed E-state index contributed by atoms with van der Waals surface area (Å²) in [6, 6.07) is 23.8. The smallest absolute Gasteiger partial charge is 0.310 e. The fraction of sp³-hybridized carbons (Fsp3) is 0.296. The molecule has 0 saturated heterocycles. The molecule has 3 aromatic carbocycles. The van der Waals surface area contributed by atoms with Gasteiger partial charge in [-0.3, -0.25) is 4.79 Å². The van der Waals surface area contributed by atoms with Crippen LogP contribution < -0.4 is 4.74 Å². The molecule has 1 fully saturated rings. The second kappa shape index (κ2) is 9.99. The van der Waals surface area contributed by atoms with E-state index in [9.17, 15) is 4.79 Å². The van der Waals surface area contributed by atoms with Crippen molar-refractivity contribution in [1.82, 2.24) is 0 Å². The van der Waals surface area contributed by atoms with Gasteiger partial charge in [0.05, 0.1) is 11.3 Å². The van der Waals surface area contributed by atoms with Crippen molar-refractivity contribution >= 4 is 52.4 Å². The molecule has 0 amide bonds. The Morgan fingerprint density at radius 2 is 1.62 bits per heavy atom. The van der Waals surface area contributed by atoms with Crippen molar-refractivity contribution in [3.05, 3.63) is 95.0 Å². The van der Waals surface area contributed by atoms with E-state index >= 15 is 0 Å². The van der Waals surface area contributed by atoms with Crippen LogP contribution in [-0.4, -0.2) is 11.3 Å². The lowest BCUT2D eigenvalue weighted by Gasteiger charge is -2.27. The van der Waals surface area contributed by atoms with Gasteiger partial charge in [-0.2, -0.15) is 0 Å². The Kier molecular flexibility index (Phi) is 7.40. The second-order valence-electron chi connectivity index (χ2n) is 9.03. The number of hydrogen-bond acceptors (Lipinski definition) is 3. The summed E-state index contributed by atoms with van der Waals surface area (Å²) in [4.78, 5) is 13.0. The maximum Gasteiger partial charge on any atom is 0.310 e. The van der Waals surface area contributed by atoms with Crippen molar-refractivity contribution in [2.75, 3.05) is 0 Å². The summed E-state index contributed by atoms with van der Waals surface area (Å²) in [5.41, 5.74) is 1.05. The standard InChI is InChI=1S/C27H24Cl4O3/c1-26(2)22(24(29)27(30,31)18-11-13-19(28)14-12-18)23(26)25(32)33-16-17-7-6-10-21(15-17)34-20-8-4-3-5-9-20/h3-15,22-24H,16H2,1-2H3. The molecule has 4 rings (SSSR count). The normalized spacial score (nSPS) is 19.8. The van der Waals surface area contributed by atoms with Gasteiger partial charge in [-0.05, 0) is 58.9 Å². The second-order valence-corrected chi connectivity index (χ2v) is 11.3. The van der Waals surface area contributed by atoms with Crippen molar-refractivity contribution in [3.8, 4) is 11.5 Å². The number of carbonyl (C=O) groups excluding carboxylic acids is 1. The van der Waals surface area contributed by atoms with E-state index in [4.69, 9.17) is 55.9 Å². The first-order valence-corrected chi connectivity index (χ1v) is 12.4. The number of rotatable bonds is 8. The Balaban J connectivity index is 1.40. The number of benzene rings is 3. The van der Waals surface area contributed by atoms with E-state index in [2.05, 4.69) is 0 Å². The molecule has 3 atom stereocenters. The summed E-state index contributed by atoms with van der Waals surface area (Å²) in [5, 5.41) is -0.127. The van der Waals surface area contributed by atoms with Crippen LogP contribution >= 0.6 is 46.4 Å². The number of halogens is 4. The summed E-state index contributed by atoms with van der Waals surface area (Å²) >= 11 is 26.1. The van der Waals surface area contributed by atoms with Gasteiger partial charge in [0.1, 0.15) is 18.1 Å². The average molecular weight is 538 g/mol. The lowest BCUT2D eigenvalue weighted by molar-refractivity contribution is -0.147. The average Bonchev–Trinajstić information content (AvgIpc) is 3.39. The summed E-state index contributed by atoms with van der Waals surface area (Å²) in [6.45, 7) is 4.07. The Labute approximate surface area is 219 Å². The lowest BCUT2D eigenvalue weighted by atomic mass is 10.0. The van der Waals surface area contributed by atoms with E-state index in [1.807, 2.05) is 68.4 Å². The third-order valence-electron chi connectivity index (χ3n) is 6.31. The Morgan fingerprint density at radius 1 is 0.971 bits per heavy atom. The first-order chi connectivity index (χ1) is 16.1. The van der Waals surface area contributed by atoms with E-state index < -0.39 is 21.0 Å².